The number of rotatable bonds is 7. The summed E-state index contributed by atoms with van der Waals surface area (Å²) in [5.74, 6) is -0.550. The van der Waals surface area contributed by atoms with Crippen LogP contribution in [-0.4, -0.2) is 39.7 Å². The summed E-state index contributed by atoms with van der Waals surface area (Å²) in [4.78, 5) is 50.5. The predicted molar refractivity (Wildman–Crippen MR) is 119 cm³/mol. The summed E-state index contributed by atoms with van der Waals surface area (Å²) >= 11 is -0.191. The quantitative estimate of drug-likeness (QED) is 0.417. The zero-order valence-corrected chi connectivity index (χ0v) is 19.0. The molecule has 178 valence electrons. The summed E-state index contributed by atoms with van der Waals surface area (Å²) in [6, 6.07) is 10.6. The number of carbonyl (C=O) groups is 4. The number of amides is 1. The number of thioether (sulfide) groups is 1. The average Bonchev–Trinajstić information content (AvgIpc) is 3.08. The maximum absolute atomic E-state index is 12.8. The number of hydrogen-bond donors (Lipinski definition) is 0. The van der Waals surface area contributed by atoms with Crippen molar-refractivity contribution in [3.63, 3.8) is 0 Å². The molecule has 0 saturated heterocycles. The van der Waals surface area contributed by atoms with Gasteiger partial charge in [0.25, 0.3) is 5.91 Å². The zero-order valence-electron chi connectivity index (χ0n) is 18.2. The first-order valence-electron chi connectivity index (χ1n) is 10.9. The molecule has 2 aromatic carbocycles. The number of halogens is 3. The van der Waals surface area contributed by atoms with Gasteiger partial charge in [-0.3, -0.25) is 19.2 Å². The topological polar surface area (TPSA) is 71.5 Å². The number of ketones is 3. The fourth-order valence-corrected chi connectivity index (χ4v) is 4.94. The van der Waals surface area contributed by atoms with Crippen LogP contribution in [0, 0.1) is 0 Å². The SMILES string of the molecule is O=C1CCC(N2Cc3cc(CCC(=O)Cc4ccc(SC(F)(F)F)cc4)ccc3C2=O)C(=O)C1. The van der Waals surface area contributed by atoms with E-state index >= 15 is 0 Å². The number of benzene rings is 2. The van der Waals surface area contributed by atoms with Gasteiger partial charge in [0.15, 0.2) is 5.78 Å². The number of aryl methyl sites for hydroxylation is 1. The van der Waals surface area contributed by atoms with Gasteiger partial charge >= 0.3 is 5.51 Å². The molecule has 1 saturated carbocycles. The van der Waals surface area contributed by atoms with E-state index in [1.165, 1.54) is 29.2 Å². The molecule has 4 rings (SSSR count). The Labute approximate surface area is 198 Å². The van der Waals surface area contributed by atoms with E-state index in [-0.39, 0.29) is 59.2 Å². The minimum absolute atomic E-state index is 0.0353. The van der Waals surface area contributed by atoms with Gasteiger partial charge in [0, 0.05) is 36.3 Å². The van der Waals surface area contributed by atoms with Crippen molar-refractivity contribution in [2.24, 2.45) is 0 Å². The summed E-state index contributed by atoms with van der Waals surface area (Å²) in [5.41, 5.74) is -1.46. The molecule has 1 fully saturated rings. The summed E-state index contributed by atoms with van der Waals surface area (Å²) in [6.07, 6.45) is 1.40. The van der Waals surface area contributed by atoms with Crippen LogP contribution in [0.3, 0.4) is 0 Å². The molecule has 9 heteroatoms. The number of alkyl halides is 3. The maximum Gasteiger partial charge on any atom is 0.446 e. The van der Waals surface area contributed by atoms with Crippen LogP contribution in [0.25, 0.3) is 0 Å². The van der Waals surface area contributed by atoms with E-state index < -0.39 is 11.6 Å². The molecule has 2 aromatic rings. The highest BCUT2D eigenvalue weighted by atomic mass is 32.2. The number of nitrogens with zero attached hydrogens (tertiary/aromatic N) is 1. The number of Topliss-reactive ketones (excluding diaryl/α,β-unsaturated/α-hetero) is 3. The first-order valence-corrected chi connectivity index (χ1v) is 11.7. The second-order valence-electron chi connectivity index (χ2n) is 8.57. The van der Waals surface area contributed by atoms with Gasteiger partial charge in [-0.25, -0.2) is 0 Å². The van der Waals surface area contributed by atoms with Crippen molar-refractivity contribution < 1.29 is 32.3 Å². The van der Waals surface area contributed by atoms with Crippen molar-refractivity contribution in [3.05, 3.63) is 64.7 Å². The van der Waals surface area contributed by atoms with Gasteiger partial charge in [0.05, 0.1) is 12.5 Å². The van der Waals surface area contributed by atoms with Gasteiger partial charge in [-0.15, -0.1) is 0 Å². The number of fused-ring (bicyclic) bond motifs is 1. The molecule has 1 unspecified atom stereocenters. The van der Waals surface area contributed by atoms with Crippen molar-refractivity contribution in [3.8, 4) is 0 Å². The van der Waals surface area contributed by atoms with Crippen molar-refractivity contribution >= 4 is 35.0 Å². The molecule has 5 nitrogen and oxygen atoms in total. The van der Waals surface area contributed by atoms with Crippen LogP contribution < -0.4 is 0 Å². The van der Waals surface area contributed by atoms with Gasteiger partial charge in [-0.05, 0) is 59.5 Å². The van der Waals surface area contributed by atoms with Gasteiger partial charge in [0.2, 0.25) is 0 Å². The predicted octanol–water partition coefficient (Wildman–Crippen LogP) is 4.69. The van der Waals surface area contributed by atoms with Crippen LogP contribution in [-0.2, 0) is 33.8 Å². The minimum atomic E-state index is -4.35. The second-order valence-corrected chi connectivity index (χ2v) is 9.71. The third-order valence-electron chi connectivity index (χ3n) is 6.07. The minimum Gasteiger partial charge on any atom is -0.324 e. The molecule has 2 aliphatic rings. The van der Waals surface area contributed by atoms with E-state index in [4.69, 9.17) is 0 Å². The summed E-state index contributed by atoms with van der Waals surface area (Å²) in [5, 5.41) is 0. The largest absolute Gasteiger partial charge is 0.446 e. The third kappa shape index (κ3) is 5.75. The van der Waals surface area contributed by atoms with E-state index in [1.54, 1.807) is 12.1 Å². The molecule has 0 aromatic heterocycles. The molecule has 0 bridgehead atoms. The van der Waals surface area contributed by atoms with Crippen LogP contribution in [0.15, 0.2) is 47.4 Å². The monoisotopic (exact) mass is 489 g/mol. The summed E-state index contributed by atoms with van der Waals surface area (Å²) in [6.45, 7) is 0.308. The maximum atomic E-state index is 12.8. The average molecular weight is 490 g/mol. The van der Waals surface area contributed by atoms with Crippen LogP contribution in [0.4, 0.5) is 13.2 Å². The Morgan fingerprint density at radius 3 is 2.41 bits per heavy atom. The molecule has 1 atom stereocenters. The Balaban J connectivity index is 1.32. The first kappa shape index (κ1) is 24.2. The number of hydrogen-bond acceptors (Lipinski definition) is 5. The van der Waals surface area contributed by atoms with E-state index in [0.29, 0.717) is 36.9 Å². The molecular weight excluding hydrogens is 467 g/mol. The van der Waals surface area contributed by atoms with Crippen molar-refractivity contribution in [1.82, 2.24) is 4.90 Å². The second kappa shape index (κ2) is 9.74. The van der Waals surface area contributed by atoms with Gasteiger partial charge in [0.1, 0.15) is 11.6 Å². The fourth-order valence-electron chi connectivity index (χ4n) is 4.40. The Morgan fingerprint density at radius 2 is 1.74 bits per heavy atom. The highest BCUT2D eigenvalue weighted by Crippen LogP contribution is 2.36. The van der Waals surface area contributed by atoms with Crippen molar-refractivity contribution in [1.29, 1.82) is 0 Å². The standard InChI is InChI=1S/C25H22F3NO4S/c26-25(27,28)34-20-7-2-16(3-8-20)12-18(30)5-1-15-4-9-21-17(11-15)14-29(24(21)33)22-10-6-19(31)13-23(22)32/h2-4,7-9,11,22H,1,5-6,10,12-14H2. The Kier molecular flexibility index (Phi) is 6.93. The number of carbonyl (C=O) groups excluding carboxylic acids is 4. The Bertz CT molecular complexity index is 1140. The van der Waals surface area contributed by atoms with Crippen LogP contribution in [0.1, 0.15) is 52.7 Å². The lowest BCUT2D eigenvalue weighted by atomic mass is 9.92. The van der Waals surface area contributed by atoms with Crippen LogP contribution in [0.2, 0.25) is 0 Å². The molecule has 1 heterocycles. The molecule has 0 N–H and O–H groups in total. The molecule has 0 radical (unpaired) electrons. The normalized spacial score (nSPS) is 18.4. The highest BCUT2D eigenvalue weighted by Gasteiger charge is 2.38. The Morgan fingerprint density at radius 1 is 1.03 bits per heavy atom. The summed E-state index contributed by atoms with van der Waals surface area (Å²) in [7, 11) is 0. The molecular formula is C25H22F3NO4S. The van der Waals surface area contributed by atoms with E-state index in [0.717, 1.165) is 11.1 Å². The van der Waals surface area contributed by atoms with Gasteiger partial charge in [-0.2, -0.15) is 13.2 Å². The highest BCUT2D eigenvalue weighted by molar-refractivity contribution is 8.00. The lowest BCUT2D eigenvalue weighted by Gasteiger charge is -2.29. The lowest BCUT2D eigenvalue weighted by Crippen LogP contribution is -2.44. The first-order chi connectivity index (χ1) is 16.1. The molecule has 1 aliphatic heterocycles. The van der Waals surface area contributed by atoms with E-state index in [1.807, 2.05) is 6.07 Å². The Hall–Kier alpha value is -2.94. The third-order valence-corrected chi connectivity index (χ3v) is 6.81. The van der Waals surface area contributed by atoms with Gasteiger partial charge < -0.3 is 4.90 Å². The molecule has 34 heavy (non-hydrogen) atoms. The van der Waals surface area contributed by atoms with Crippen molar-refractivity contribution in [2.75, 3.05) is 0 Å². The fraction of sp³-hybridized carbons (Fsp3) is 0.360. The molecule has 1 aliphatic carbocycles. The summed E-state index contributed by atoms with van der Waals surface area (Å²) < 4.78 is 37.3. The zero-order chi connectivity index (χ0) is 24.5. The van der Waals surface area contributed by atoms with E-state index in [9.17, 15) is 32.3 Å². The molecule has 1 amide bonds. The molecule has 0 spiro atoms. The van der Waals surface area contributed by atoms with Crippen molar-refractivity contribution in [2.45, 2.75) is 61.5 Å². The van der Waals surface area contributed by atoms with Crippen LogP contribution >= 0.6 is 11.8 Å². The van der Waals surface area contributed by atoms with Crippen LogP contribution in [0.5, 0.6) is 0 Å². The lowest BCUT2D eigenvalue weighted by molar-refractivity contribution is -0.133. The smallest absolute Gasteiger partial charge is 0.324 e. The van der Waals surface area contributed by atoms with E-state index in [2.05, 4.69) is 0 Å². The van der Waals surface area contributed by atoms with Gasteiger partial charge in [-0.1, -0.05) is 24.3 Å².